The number of anilines is 1. The summed E-state index contributed by atoms with van der Waals surface area (Å²) in [6.45, 7) is 7.70. The number of piperidine rings is 1. The third-order valence-electron chi connectivity index (χ3n) is 6.36. The van der Waals surface area contributed by atoms with E-state index in [9.17, 15) is 0 Å². The molecule has 0 bridgehead atoms. The summed E-state index contributed by atoms with van der Waals surface area (Å²) < 4.78 is 4.45. The van der Waals surface area contributed by atoms with Crippen molar-refractivity contribution in [1.29, 1.82) is 0 Å². The van der Waals surface area contributed by atoms with Crippen molar-refractivity contribution in [2.24, 2.45) is 18.9 Å². The second-order valence-corrected chi connectivity index (χ2v) is 8.92. The fourth-order valence-electron chi connectivity index (χ4n) is 4.90. The SMILES string of the molecule is CC(C)Cn1c(CC2CCCC2)nnc1N1CCC(c2ccnn2C)CC1. The summed E-state index contributed by atoms with van der Waals surface area (Å²) in [7, 11) is 2.05. The predicted octanol–water partition coefficient (Wildman–Crippen LogP) is 3.78. The van der Waals surface area contributed by atoms with Crippen LogP contribution in [0.15, 0.2) is 12.3 Å². The molecule has 1 saturated carbocycles. The third kappa shape index (κ3) is 4.04. The molecule has 0 amide bonds. The average Bonchev–Trinajstić information content (AvgIpc) is 3.38. The Balaban J connectivity index is 1.48. The average molecular weight is 371 g/mol. The van der Waals surface area contributed by atoms with Crippen molar-refractivity contribution in [1.82, 2.24) is 24.5 Å². The van der Waals surface area contributed by atoms with Crippen molar-refractivity contribution in [2.45, 2.75) is 71.3 Å². The molecule has 0 spiro atoms. The van der Waals surface area contributed by atoms with E-state index in [1.807, 2.05) is 10.9 Å². The summed E-state index contributed by atoms with van der Waals surface area (Å²) in [5.41, 5.74) is 1.36. The maximum absolute atomic E-state index is 4.66. The summed E-state index contributed by atoms with van der Waals surface area (Å²) in [4.78, 5) is 2.46. The summed E-state index contributed by atoms with van der Waals surface area (Å²) in [5.74, 6) is 4.32. The van der Waals surface area contributed by atoms with Crippen molar-refractivity contribution < 1.29 is 0 Å². The second-order valence-electron chi connectivity index (χ2n) is 8.92. The molecule has 27 heavy (non-hydrogen) atoms. The minimum Gasteiger partial charge on any atom is -0.341 e. The molecular weight excluding hydrogens is 336 g/mol. The first kappa shape index (κ1) is 18.5. The number of rotatable bonds is 6. The Morgan fingerprint density at radius 2 is 1.81 bits per heavy atom. The highest BCUT2D eigenvalue weighted by Gasteiger charge is 2.27. The predicted molar refractivity (Wildman–Crippen MR) is 108 cm³/mol. The highest BCUT2D eigenvalue weighted by Crippen LogP contribution is 2.32. The van der Waals surface area contributed by atoms with E-state index in [0.717, 1.165) is 50.8 Å². The Labute approximate surface area is 163 Å². The van der Waals surface area contributed by atoms with Crippen LogP contribution in [0, 0.1) is 11.8 Å². The zero-order chi connectivity index (χ0) is 18.8. The highest BCUT2D eigenvalue weighted by molar-refractivity contribution is 5.33. The Morgan fingerprint density at radius 1 is 1.07 bits per heavy atom. The zero-order valence-corrected chi connectivity index (χ0v) is 17.1. The Hall–Kier alpha value is -1.85. The van der Waals surface area contributed by atoms with E-state index in [1.165, 1.54) is 37.2 Å². The number of hydrogen-bond donors (Lipinski definition) is 0. The molecule has 6 nitrogen and oxygen atoms in total. The maximum Gasteiger partial charge on any atom is 0.227 e. The molecule has 1 aliphatic heterocycles. The van der Waals surface area contributed by atoms with Gasteiger partial charge in [-0.2, -0.15) is 5.10 Å². The Morgan fingerprint density at radius 3 is 2.44 bits per heavy atom. The number of aromatic nitrogens is 5. The topological polar surface area (TPSA) is 51.8 Å². The van der Waals surface area contributed by atoms with Crippen molar-refractivity contribution in [3.8, 4) is 0 Å². The molecule has 0 aromatic carbocycles. The van der Waals surface area contributed by atoms with Gasteiger partial charge in [-0.3, -0.25) is 9.25 Å². The minimum atomic E-state index is 0.605. The monoisotopic (exact) mass is 370 g/mol. The standard InChI is InChI=1S/C21H34N6/c1-16(2)15-27-20(14-17-6-4-5-7-17)23-24-21(27)26-12-9-18(10-13-26)19-8-11-22-25(19)3/h8,11,16-18H,4-7,9-10,12-15H2,1-3H3. The van der Waals surface area contributed by atoms with Crippen LogP contribution < -0.4 is 4.90 Å². The molecule has 148 valence electrons. The zero-order valence-electron chi connectivity index (χ0n) is 17.1. The van der Waals surface area contributed by atoms with Crippen molar-refractivity contribution in [3.63, 3.8) is 0 Å². The molecule has 3 heterocycles. The number of hydrogen-bond acceptors (Lipinski definition) is 4. The first-order valence-corrected chi connectivity index (χ1v) is 10.8. The Bertz CT molecular complexity index is 732. The fourth-order valence-corrected chi connectivity index (χ4v) is 4.90. The van der Waals surface area contributed by atoms with Gasteiger partial charge in [-0.05, 0) is 30.7 Å². The van der Waals surface area contributed by atoms with Gasteiger partial charge in [0.05, 0.1) is 0 Å². The second kappa shape index (κ2) is 8.03. The van der Waals surface area contributed by atoms with E-state index in [2.05, 4.69) is 51.7 Å². The van der Waals surface area contributed by atoms with Crippen LogP contribution in [-0.4, -0.2) is 37.6 Å². The van der Waals surface area contributed by atoms with Crippen LogP contribution in [0.25, 0.3) is 0 Å². The molecule has 0 N–H and O–H groups in total. The van der Waals surface area contributed by atoms with E-state index in [0.29, 0.717) is 11.8 Å². The smallest absolute Gasteiger partial charge is 0.227 e. The van der Waals surface area contributed by atoms with Crippen LogP contribution in [-0.2, 0) is 20.0 Å². The van der Waals surface area contributed by atoms with Gasteiger partial charge in [0.2, 0.25) is 5.95 Å². The molecule has 0 radical (unpaired) electrons. The van der Waals surface area contributed by atoms with Gasteiger partial charge >= 0.3 is 0 Å². The van der Waals surface area contributed by atoms with E-state index in [4.69, 9.17) is 0 Å². The van der Waals surface area contributed by atoms with E-state index < -0.39 is 0 Å². The van der Waals surface area contributed by atoms with Crippen LogP contribution in [0.3, 0.4) is 0 Å². The third-order valence-corrected chi connectivity index (χ3v) is 6.36. The normalized spacial score (nSPS) is 19.5. The van der Waals surface area contributed by atoms with Gasteiger partial charge in [0.15, 0.2) is 0 Å². The van der Waals surface area contributed by atoms with Gasteiger partial charge in [0.1, 0.15) is 5.82 Å². The van der Waals surface area contributed by atoms with Gasteiger partial charge < -0.3 is 4.90 Å². The fraction of sp³-hybridized carbons (Fsp3) is 0.762. The van der Waals surface area contributed by atoms with Crippen molar-refractivity contribution in [3.05, 3.63) is 23.8 Å². The number of aryl methyl sites for hydroxylation is 1. The van der Waals surface area contributed by atoms with E-state index in [-0.39, 0.29) is 0 Å². The summed E-state index contributed by atoms with van der Waals surface area (Å²) >= 11 is 0. The molecule has 4 rings (SSSR count). The molecule has 2 aromatic rings. The lowest BCUT2D eigenvalue weighted by molar-refractivity contribution is 0.447. The molecular formula is C21H34N6. The summed E-state index contributed by atoms with van der Waals surface area (Å²) in [6.07, 6.45) is 10.8. The molecule has 0 atom stereocenters. The lowest BCUT2D eigenvalue weighted by Gasteiger charge is -2.33. The van der Waals surface area contributed by atoms with E-state index >= 15 is 0 Å². The van der Waals surface area contributed by atoms with Crippen LogP contribution in [0.5, 0.6) is 0 Å². The van der Waals surface area contributed by atoms with Crippen LogP contribution >= 0.6 is 0 Å². The molecule has 2 fully saturated rings. The van der Waals surface area contributed by atoms with Crippen LogP contribution in [0.1, 0.15) is 69.8 Å². The molecule has 1 aliphatic carbocycles. The highest BCUT2D eigenvalue weighted by atomic mass is 15.4. The largest absolute Gasteiger partial charge is 0.341 e. The molecule has 0 unspecified atom stereocenters. The number of nitrogens with zero attached hydrogens (tertiary/aromatic N) is 6. The molecule has 1 saturated heterocycles. The van der Waals surface area contributed by atoms with Gasteiger partial charge in [-0.25, -0.2) is 0 Å². The van der Waals surface area contributed by atoms with Gasteiger partial charge in [-0.1, -0.05) is 39.5 Å². The van der Waals surface area contributed by atoms with Crippen LogP contribution in [0.4, 0.5) is 5.95 Å². The molecule has 2 aromatic heterocycles. The summed E-state index contributed by atoms with van der Waals surface area (Å²) in [5, 5.41) is 13.7. The van der Waals surface area contributed by atoms with Gasteiger partial charge in [0.25, 0.3) is 0 Å². The lowest BCUT2D eigenvalue weighted by Crippen LogP contribution is -2.35. The summed E-state index contributed by atoms with van der Waals surface area (Å²) in [6, 6.07) is 2.17. The quantitative estimate of drug-likeness (QED) is 0.776. The molecule has 2 aliphatic rings. The van der Waals surface area contributed by atoms with Gasteiger partial charge in [-0.15, -0.1) is 10.2 Å². The van der Waals surface area contributed by atoms with Crippen molar-refractivity contribution >= 4 is 5.95 Å². The maximum atomic E-state index is 4.66. The van der Waals surface area contributed by atoms with Crippen molar-refractivity contribution in [2.75, 3.05) is 18.0 Å². The minimum absolute atomic E-state index is 0.605. The lowest BCUT2D eigenvalue weighted by atomic mass is 9.93. The molecule has 6 heteroatoms. The van der Waals surface area contributed by atoms with E-state index in [1.54, 1.807) is 0 Å². The Kier molecular flexibility index (Phi) is 5.50. The first-order valence-electron chi connectivity index (χ1n) is 10.8. The van der Waals surface area contributed by atoms with Gasteiger partial charge in [0, 0.05) is 50.9 Å². The van der Waals surface area contributed by atoms with Crippen LogP contribution in [0.2, 0.25) is 0 Å². The first-order chi connectivity index (χ1) is 13.1.